The topological polar surface area (TPSA) is 86.8 Å². The summed E-state index contributed by atoms with van der Waals surface area (Å²) < 4.78 is 0. The van der Waals surface area contributed by atoms with Crippen molar-refractivity contribution in [2.24, 2.45) is 0 Å². The van der Waals surface area contributed by atoms with Crippen LogP contribution < -0.4 is 5.32 Å². The van der Waals surface area contributed by atoms with Crippen LogP contribution in [0.3, 0.4) is 0 Å². The number of rotatable bonds is 4. The molecule has 0 atom stereocenters. The molecule has 0 aromatic heterocycles. The summed E-state index contributed by atoms with van der Waals surface area (Å²) in [6.45, 7) is -0.457. The van der Waals surface area contributed by atoms with Gasteiger partial charge in [-0.3, -0.25) is 19.3 Å². The van der Waals surface area contributed by atoms with Crippen LogP contribution in [-0.2, 0) is 14.4 Å². The molecular weight excluding hydrogens is 274 g/mol. The second kappa shape index (κ2) is 5.01. The second-order valence-electron chi connectivity index (χ2n) is 4.99. The van der Waals surface area contributed by atoms with Gasteiger partial charge in [0.25, 0.3) is 0 Å². The fraction of sp³-hybridized carbons (Fsp3) is 0.286. The fourth-order valence-electron chi connectivity index (χ4n) is 2.18. The van der Waals surface area contributed by atoms with E-state index < -0.39 is 30.3 Å². The van der Waals surface area contributed by atoms with E-state index in [-0.39, 0.29) is 6.04 Å². The Morgan fingerprint density at radius 3 is 2.38 bits per heavy atom. The van der Waals surface area contributed by atoms with Crippen LogP contribution in [0.15, 0.2) is 30.3 Å². The number of carbonyl (C=O) groups is 4. The number of nitrogens with zero attached hydrogens (tertiary/aromatic N) is 2. The van der Waals surface area contributed by atoms with Crippen molar-refractivity contribution in [2.75, 3.05) is 11.9 Å². The Morgan fingerprint density at radius 1 is 1.10 bits per heavy atom. The van der Waals surface area contributed by atoms with Gasteiger partial charge in [-0.25, -0.2) is 9.69 Å². The van der Waals surface area contributed by atoms with E-state index >= 15 is 0 Å². The number of nitrogens with one attached hydrogen (secondary N) is 1. The van der Waals surface area contributed by atoms with Crippen molar-refractivity contribution < 1.29 is 19.2 Å². The predicted octanol–water partition coefficient (Wildman–Crippen LogP) is 0.578. The molecule has 0 spiro atoms. The lowest BCUT2D eigenvalue weighted by Crippen LogP contribution is -2.39. The molecule has 1 saturated carbocycles. The van der Waals surface area contributed by atoms with Crippen LogP contribution in [0.4, 0.5) is 10.5 Å². The number of benzene rings is 1. The largest absolute Gasteiger partial charge is 0.334 e. The van der Waals surface area contributed by atoms with Crippen LogP contribution in [-0.4, -0.2) is 46.1 Å². The van der Waals surface area contributed by atoms with Gasteiger partial charge in [-0.05, 0) is 25.0 Å². The summed E-state index contributed by atoms with van der Waals surface area (Å²) in [5.74, 6) is -2.29. The Labute approximate surface area is 120 Å². The van der Waals surface area contributed by atoms with E-state index in [4.69, 9.17) is 0 Å². The summed E-state index contributed by atoms with van der Waals surface area (Å²) in [6.07, 6.45) is 1.43. The molecule has 2 fully saturated rings. The van der Waals surface area contributed by atoms with Gasteiger partial charge in [0.05, 0.1) is 0 Å². The molecule has 3 rings (SSSR count). The number of anilines is 1. The van der Waals surface area contributed by atoms with Crippen LogP contribution in [0.25, 0.3) is 0 Å². The molecule has 7 nitrogen and oxygen atoms in total. The van der Waals surface area contributed by atoms with Gasteiger partial charge in [0, 0.05) is 11.7 Å². The Hall–Kier alpha value is -2.70. The first-order valence-corrected chi connectivity index (χ1v) is 6.62. The van der Waals surface area contributed by atoms with E-state index in [2.05, 4.69) is 5.32 Å². The minimum atomic E-state index is -0.935. The number of hydrogen-bond acceptors (Lipinski definition) is 4. The van der Waals surface area contributed by atoms with E-state index in [1.807, 2.05) is 0 Å². The standard InChI is InChI=1S/C14H13N3O4/c18-11(15-9-4-2-1-3-5-9)8-16-12(19)13(20)17(14(16)21)10-6-7-10/h1-5,10H,6-8H2,(H,15,18). The summed E-state index contributed by atoms with van der Waals surface area (Å²) in [7, 11) is 0. The molecule has 1 aliphatic heterocycles. The highest BCUT2D eigenvalue weighted by atomic mass is 16.2. The number of para-hydroxylation sites is 1. The van der Waals surface area contributed by atoms with Crippen molar-refractivity contribution in [3.8, 4) is 0 Å². The SMILES string of the molecule is O=C(CN1C(=O)C(=O)N(C2CC2)C1=O)Nc1ccccc1. The van der Waals surface area contributed by atoms with Gasteiger partial charge in [0.15, 0.2) is 0 Å². The van der Waals surface area contributed by atoms with Gasteiger partial charge in [0.1, 0.15) is 6.54 Å². The third-order valence-electron chi connectivity index (χ3n) is 3.36. The first-order chi connectivity index (χ1) is 10.1. The summed E-state index contributed by atoms with van der Waals surface area (Å²) in [5.41, 5.74) is 0.562. The maximum Gasteiger partial charge on any atom is 0.334 e. The predicted molar refractivity (Wildman–Crippen MR) is 72.0 cm³/mol. The minimum absolute atomic E-state index is 0.184. The molecule has 1 aliphatic carbocycles. The van der Waals surface area contributed by atoms with Crippen LogP contribution in [0.5, 0.6) is 0 Å². The molecule has 1 aromatic rings. The molecule has 1 N–H and O–H groups in total. The molecule has 108 valence electrons. The molecule has 1 heterocycles. The molecule has 1 saturated heterocycles. The van der Waals surface area contributed by atoms with Crippen molar-refractivity contribution in [1.29, 1.82) is 0 Å². The fourth-order valence-corrected chi connectivity index (χ4v) is 2.18. The van der Waals surface area contributed by atoms with Crippen molar-refractivity contribution in [2.45, 2.75) is 18.9 Å². The Bertz CT molecular complexity index is 624. The molecular formula is C14H13N3O4. The molecule has 21 heavy (non-hydrogen) atoms. The van der Waals surface area contributed by atoms with E-state index in [1.54, 1.807) is 30.3 Å². The zero-order chi connectivity index (χ0) is 15.0. The normalized spacial score (nSPS) is 18.4. The van der Waals surface area contributed by atoms with Crippen molar-refractivity contribution in [3.05, 3.63) is 30.3 Å². The van der Waals surface area contributed by atoms with Crippen molar-refractivity contribution in [3.63, 3.8) is 0 Å². The smallest absolute Gasteiger partial charge is 0.325 e. The average molecular weight is 287 g/mol. The maximum atomic E-state index is 12.0. The Balaban J connectivity index is 1.67. The lowest BCUT2D eigenvalue weighted by Gasteiger charge is -2.14. The molecule has 1 aromatic carbocycles. The van der Waals surface area contributed by atoms with Gasteiger partial charge in [-0.2, -0.15) is 0 Å². The third-order valence-corrected chi connectivity index (χ3v) is 3.36. The van der Waals surface area contributed by atoms with Crippen LogP contribution in [0.1, 0.15) is 12.8 Å². The van der Waals surface area contributed by atoms with Gasteiger partial charge in [-0.1, -0.05) is 18.2 Å². The average Bonchev–Trinajstić information content (AvgIpc) is 3.26. The van der Waals surface area contributed by atoms with Crippen LogP contribution >= 0.6 is 0 Å². The van der Waals surface area contributed by atoms with E-state index in [1.165, 1.54) is 0 Å². The highest BCUT2D eigenvalue weighted by molar-refractivity contribution is 6.45. The Morgan fingerprint density at radius 2 is 1.76 bits per heavy atom. The Kier molecular flexibility index (Phi) is 3.17. The quantitative estimate of drug-likeness (QED) is 0.648. The second-order valence-corrected chi connectivity index (χ2v) is 4.99. The summed E-state index contributed by atoms with van der Waals surface area (Å²) >= 11 is 0. The first-order valence-electron chi connectivity index (χ1n) is 6.62. The van der Waals surface area contributed by atoms with Gasteiger partial charge in [-0.15, -0.1) is 0 Å². The lowest BCUT2D eigenvalue weighted by atomic mass is 10.3. The van der Waals surface area contributed by atoms with E-state index in [9.17, 15) is 19.2 Å². The zero-order valence-electron chi connectivity index (χ0n) is 11.1. The highest BCUT2D eigenvalue weighted by Gasteiger charge is 2.51. The number of amides is 5. The van der Waals surface area contributed by atoms with Gasteiger partial charge >= 0.3 is 17.8 Å². The molecule has 5 amide bonds. The monoisotopic (exact) mass is 287 g/mol. The van der Waals surface area contributed by atoms with Gasteiger partial charge < -0.3 is 5.32 Å². The van der Waals surface area contributed by atoms with Crippen molar-refractivity contribution in [1.82, 2.24) is 9.80 Å². The summed E-state index contributed by atoms with van der Waals surface area (Å²) in [5, 5.41) is 2.57. The van der Waals surface area contributed by atoms with E-state index in [0.717, 1.165) is 17.7 Å². The number of hydrogen-bond donors (Lipinski definition) is 1. The summed E-state index contributed by atoms with van der Waals surface area (Å²) in [4.78, 5) is 49.1. The minimum Gasteiger partial charge on any atom is -0.325 e. The van der Waals surface area contributed by atoms with Gasteiger partial charge in [0.2, 0.25) is 5.91 Å². The lowest BCUT2D eigenvalue weighted by molar-refractivity contribution is -0.143. The molecule has 7 heteroatoms. The zero-order valence-corrected chi connectivity index (χ0v) is 11.1. The summed E-state index contributed by atoms with van der Waals surface area (Å²) in [6, 6.07) is 7.79. The van der Waals surface area contributed by atoms with Crippen molar-refractivity contribution >= 4 is 29.4 Å². The molecule has 2 aliphatic rings. The molecule has 0 unspecified atom stereocenters. The third kappa shape index (κ3) is 2.49. The van der Waals surface area contributed by atoms with Crippen LogP contribution in [0.2, 0.25) is 0 Å². The highest BCUT2D eigenvalue weighted by Crippen LogP contribution is 2.30. The number of carbonyl (C=O) groups excluding carboxylic acids is 4. The number of imide groups is 2. The van der Waals surface area contributed by atoms with Crippen LogP contribution in [0, 0.1) is 0 Å². The number of urea groups is 1. The maximum absolute atomic E-state index is 12.0. The first kappa shape index (κ1) is 13.3. The van der Waals surface area contributed by atoms with E-state index in [0.29, 0.717) is 10.6 Å². The molecule has 0 bridgehead atoms. The molecule has 0 radical (unpaired) electrons.